The molecule has 4 saturated carbocycles. The maximum atomic E-state index is 6.33. The third kappa shape index (κ3) is 5.18. The van der Waals surface area contributed by atoms with E-state index in [-0.39, 0.29) is 10.3 Å². The van der Waals surface area contributed by atoms with Crippen LogP contribution in [-0.2, 0) is 0 Å². The SMILES string of the molecule is CC(C)(C)P(I)(=NP(N([Si](C)(C)C)[Si](C)(C)C)C12CC3CC(CC(C3)C1)C2)C(C)(C)C. The van der Waals surface area contributed by atoms with Crippen LogP contribution in [0.25, 0.3) is 0 Å². The van der Waals surface area contributed by atoms with Crippen molar-refractivity contribution in [3.63, 3.8) is 0 Å². The standard InChI is InChI=1S/C24H51IN2P2Si2/c1-22(2,3)29(25,23(4,5)6)26-28(27(30(7,8)9)31(10,11)12)24-16-19-13-20(17-24)15-21(14-19)18-24/h19-21H,13-18H2,1-12H3. The minimum absolute atomic E-state index is 0.249. The average molecular weight is 613 g/mol. The van der Waals surface area contributed by atoms with Crippen molar-refractivity contribution in [3.8, 4) is 0 Å². The Labute approximate surface area is 211 Å². The third-order valence-electron chi connectivity index (χ3n) is 7.88. The van der Waals surface area contributed by atoms with Crippen molar-refractivity contribution < 1.29 is 0 Å². The lowest BCUT2D eigenvalue weighted by Gasteiger charge is -2.63. The summed E-state index contributed by atoms with van der Waals surface area (Å²) in [5, 5.41) is 1.01. The van der Waals surface area contributed by atoms with Gasteiger partial charge in [-0.3, -0.25) is 4.52 Å². The second kappa shape index (κ2) is 8.43. The van der Waals surface area contributed by atoms with Crippen molar-refractivity contribution in [1.29, 1.82) is 0 Å². The first-order valence-electron chi connectivity index (χ1n) is 12.6. The third-order valence-corrected chi connectivity index (χ3v) is 36.6. The van der Waals surface area contributed by atoms with Gasteiger partial charge < -0.3 is 4.00 Å². The Bertz CT molecular complexity index is 673. The van der Waals surface area contributed by atoms with Crippen molar-refractivity contribution in [1.82, 2.24) is 4.00 Å². The molecule has 4 aliphatic rings. The van der Waals surface area contributed by atoms with E-state index in [0.29, 0.717) is 5.16 Å². The molecule has 0 heterocycles. The summed E-state index contributed by atoms with van der Waals surface area (Å²) < 4.78 is 7.95. The van der Waals surface area contributed by atoms with Crippen LogP contribution in [-0.4, -0.2) is 35.9 Å². The Morgan fingerprint density at radius 2 is 1.10 bits per heavy atom. The molecule has 7 heteroatoms. The minimum atomic E-state index is -1.58. The van der Waals surface area contributed by atoms with Crippen LogP contribution in [0.15, 0.2) is 4.52 Å². The first-order valence-corrected chi connectivity index (χ1v) is 25.3. The van der Waals surface area contributed by atoms with Crippen LogP contribution in [0.5, 0.6) is 0 Å². The highest BCUT2D eigenvalue weighted by Gasteiger charge is 2.59. The number of hydrogen-bond donors (Lipinski definition) is 0. The van der Waals surface area contributed by atoms with Gasteiger partial charge in [-0.05, 0) is 78.3 Å². The molecule has 4 aliphatic carbocycles. The van der Waals surface area contributed by atoms with Crippen LogP contribution >= 0.6 is 35.0 Å². The molecule has 0 radical (unpaired) electrons. The molecule has 4 rings (SSSR count). The van der Waals surface area contributed by atoms with E-state index in [0.717, 1.165) is 17.8 Å². The van der Waals surface area contributed by atoms with Crippen LogP contribution in [0.3, 0.4) is 0 Å². The maximum Gasteiger partial charge on any atom is 0.117 e. The van der Waals surface area contributed by atoms with Gasteiger partial charge in [0.05, 0.1) is 8.22 Å². The molecule has 0 aromatic rings. The van der Waals surface area contributed by atoms with Gasteiger partial charge in [0, 0.05) is 20.2 Å². The first kappa shape index (κ1) is 27.4. The van der Waals surface area contributed by atoms with E-state index >= 15 is 0 Å². The van der Waals surface area contributed by atoms with Crippen molar-refractivity contribution in [2.24, 2.45) is 22.3 Å². The van der Waals surface area contributed by atoms with Gasteiger partial charge in [-0.15, -0.1) is 0 Å². The summed E-state index contributed by atoms with van der Waals surface area (Å²) >= 11 is 2.92. The maximum absolute atomic E-state index is 6.33. The van der Waals surface area contributed by atoms with Gasteiger partial charge in [0.1, 0.15) is 16.5 Å². The predicted octanol–water partition coefficient (Wildman–Crippen LogP) is 10.4. The molecular weight excluding hydrogens is 561 g/mol. The molecule has 31 heavy (non-hydrogen) atoms. The molecule has 4 bridgehead atoms. The molecule has 0 aromatic carbocycles. The van der Waals surface area contributed by atoms with Gasteiger partial charge in [0.15, 0.2) is 0 Å². The van der Waals surface area contributed by atoms with Crippen LogP contribution in [0.2, 0.25) is 39.3 Å². The Balaban J connectivity index is 2.28. The van der Waals surface area contributed by atoms with Crippen molar-refractivity contribution in [2.45, 2.75) is 135 Å². The highest BCUT2D eigenvalue weighted by atomic mass is 127. The Morgan fingerprint density at radius 1 is 0.774 bits per heavy atom. The second-order valence-electron chi connectivity index (χ2n) is 15.1. The fraction of sp³-hybridized carbons (Fsp3) is 1.00. The smallest absolute Gasteiger partial charge is 0.117 e. The number of hydrogen-bond acceptors (Lipinski definition) is 2. The summed E-state index contributed by atoms with van der Waals surface area (Å²) in [6, 6.07) is 0. The number of rotatable bonds is 5. The van der Waals surface area contributed by atoms with Crippen molar-refractivity contribution in [2.75, 3.05) is 0 Å². The second-order valence-corrected chi connectivity index (χ2v) is 36.5. The average Bonchev–Trinajstić information content (AvgIpc) is 2.47. The normalized spacial score (nSPS) is 33.2. The Morgan fingerprint density at radius 3 is 1.35 bits per heavy atom. The molecule has 0 spiro atoms. The molecule has 4 fully saturated rings. The lowest BCUT2D eigenvalue weighted by atomic mass is 9.56. The van der Waals surface area contributed by atoms with Crippen LogP contribution in [0.4, 0.5) is 0 Å². The van der Waals surface area contributed by atoms with Crippen molar-refractivity contribution in [3.05, 3.63) is 0 Å². The zero-order valence-electron chi connectivity index (χ0n) is 22.6. The molecule has 0 saturated heterocycles. The van der Waals surface area contributed by atoms with Gasteiger partial charge in [0.2, 0.25) is 0 Å². The minimum Gasteiger partial charge on any atom is -0.306 e. The molecule has 2 nitrogen and oxygen atoms in total. The zero-order chi connectivity index (χ0) is 23.8. The molecule has 0 aliphatic heterocycles. The lowest BCUT2D eigenvalue weighted by Crippen LogP contribution is -2.60. The largest absolute Gasteiger partial charge is 0.306 e. The van der Waals surface area contributed by atoms with E-state index in [1.54, 1.807) is 0 Å². The highest BCUT2D eigenvalue weighted by molar-refractivity contribution is 14.2. The van der Waals surface area contributed by atoms with E-state index in [9.17, 15) is 0 Å². The van der Waals surface area contributed by atoms with Crippen LogP contribution in [0.1, 0.15) is 80.1 Å². The fourth-order valence-electron chi connectivity index (χ4n) is 7.62. The molecule has 0 amide bonds. The molecule has 1 atom stereocenters. The van der Waals surface area contributed by atoms with Crippen LogP contribution < -0.4 is 0 Å². The molecule has 1 unspecified atom stereocenters. The summed E-state index contributed by atoms with van der Waals surface area (Å²) in [4.78, 5) is 0. The van der Waals surface area contributed by atoms with Gasteiger partial charge in [0.25, 0.3) is 0 Å². The Kier molecular flexibility index (Phi) is 7.44. The zero-order valence-corrected chi connectivity index (χ0v) is 28.6. The van der Waals surface area contributed by atoms with E-state index in [4.69, 9.17) is 4.52 Å². The van der Waals surface area contributed by atoms with Gasteiger partial charge in [-0.1, -0.05) is 80.8 Å². The topological polar surface area (TPSA) is 15.6 Å². The fourth-order valence-corrected chi connectivity index (χ4v) is 31.7. The van der Waals surface area contributed by atoms with E-state index in [1.165, 1.54) is 38.5 Å². The summed E-state index contributed by atoms with van der Waals surface area (Å²) in [6.07, 6.45) is 9.07. The van der Waals surface area contributed by atoms with E-state index < -0.39 is 29.4 Å². The monoisotopic (exact) mass is 612 g/mol. The van der Waals surface area contributed by atoms with Crippen LogP contribution in [0, 0.1) is 17.8 Å². The first-order chi connectivity index (χ1) is 13.7. The van der Waals surface area contributed by atoms with Gasteiger partial charge in [-0.2, -0.15) is 0 Å². The quantitative estimate of drug-likeness (QED) is 0.171. The summed E-state index contributed by atoms with van der Waals surface area (Å²) in [5.41, 5.74) is 0. The van der Waals surface area contributed by atoms with Crippen molar-refractivity contribution >= 4 is 51.4 Å². The molecule has 0 aromatic heterocycles. The van der Waals surface area contributed by atoms with E-state index in [1.807, 2.05) is 0 Å². The molecule has 0 N–H and O–H groups in total. The van der Waals surface area contributed by atoms with Gasteiger partial charge >= 0.3 is 0 Å². The molecule has 182 valence electrons. The summed E-state index contributed by atoms with van der Waals surface area (Å²) in [7, 11) is -3.49. The van der Waals surface area contributed by atoms with Gasteiger partial charge in [-0.25, -0.2) is 0 Å². The molecular formula is C24H51IN2P2Si2. The summed E-state index contributed by atoms with van der Waals surface area (Å²) in [5.74, 6) is 3.01. The lowest BCUT2D eigenvalue weighted by molar-refractivity contribution is 0.0346. The predicted molar refractivity (Wildman–Crippen MR) is 159 cm³/mol. The number of halogens is 1. The van der Waals surface area contributed by atoms with E-state index in [2.05, 4.69) is 107 Å². The Hall–Kier alpha value is 1.78. The highest BCUT2D eigenvalue weighted by Crippen LogP contribution is 2.82. The summed E-state index contributed by atoms with van der Waals surface area (Å²) in [6.45, 7) is 30.7. The number of nitrogens with zero attached hydrogens (tertiary/aromatic N) is 2.